The first-order valence-corrected chi connectivity index (χ1v) is 7.04. The fourth-order valence-corrected chi connectivity index (χ4v) is 2.49. The second-order valence-corrected chi connectivity index (χ2v) is 5.60. The molecule has 3 rings (SSSR count). The van der Waals surface area contributed by atoms with Crippen molar-refractivity contribution in [2.75, 3.05) is 0 Å². The highest BCUT2D eigenvalue weighted by molar-refractivity contribution is 9.10. The van der Waals surface area contributed by atoms with Crippen LogP contribution < -0.4 is 5.69 Å². The van der Waals surface area contributed by atoms with Gasteiger partial charge in [-0.15, -0.1) is 0 Å². The molecule has 2 N–H and O–H groups in total. The van der Waals surface area contributed by atoms with Crippen molar-refractivity contribution >= 4 is 32.9 Å². The topological polar surface area (TPSA) is 75.1 Å². The number of benzene rings is 2. The van der Waals surface area contributed by atoms with Crippen molar-refractivity contribution in [3.05, 3.63) is 68.5 Å². The maximum absolute atomic E-state index is 12.0. The number of nitrogens with zero attached hydrogens (tertiary/aromatic N) is 1. The molecule has 0 radical (unpaired) electrons. The van der Waals surface area contributed by atoms with E-state index in [-0.39, 0.29) is 11.3 Å². The summed E-state index contributed by atoms with van der Waals surface area (Å²) in [6, 6.07) is 12.3. The molecule has 1 heterocycles. The van der Waals surface area contributed by atoms with Crippen LogP contribution >= 0.6 is 15.9 Å². The van der Waals surface area contributed by atoms with Crippen molar-refractivity contribution in [2.45, 2.75) is 6.54 Å². The van der Waals surface area contributed by atoms with Gasteiger partial charge in [-0.3, -0.25) is 4.57 Å². The number of H-pyrrole nitrogens is 1. The summed E-state index contributed by atoms with van der Waals surface area (Å²) < 4.78 is 2.56. The number of aromatic carboxylic acids is 1. The number of carboxylic acid groups (broad SMARTS) is 1. The molecule has 0 unspecified atom stereocenters. The summed E-state index contributed by atoms with van der Waals surface area (Å²) in [6.07, 6.45) is 0. The predicted molar refractivity (Wildman–Crippen MR) is 82.8 cm³/mol. The molecule has 2 aromatic carbocycles. The van der Waals surface area contributed by atoms with Gasteiger partial charge in [-0.25, -0.2) is 9.59 Å². The van der Waals surface area contributed by atoms with Gasteiger partial charge in [-0.05, 0) is 35.9 Å². The Morgan fingerprint density at radius 1 is 1.19 bits per heavy atom. The van der Waals surface area contributed by atoms with Crippen molar-refractivity contribution in [1.29, 1.82) is 0 Å². The quantitative estimate of drug-likeness (QED) is 0.765. The molecule has 0 fully saturated rings. The molecule has 1 aromatic heterocycles. The fourth-order valence-electron chi connectivity index (χ4n) is 2.23. The normalized spacial score (nSPS) is 10.9. The third-order valence-corrected chi connectivity index (χ3v) is 3.80. The van der Waals surface area contributed by atoms with E-state index in [9.17, 15) is 9.59 Å². The van der Waals surface area contributed by atoms with E-state index in [4.69, 9.17) is 5.11 Å². The van der Waals surface area contributed by atoms with Gasteiger partial charge in [0.05, 0.1) is 23.1 Å². The van der Waals surface area contributed by atoms with Crippen LogP contribution in [0.5, 0.6) is 0 Å². The molecule has 0 aliphatic rings. The van der Waals surface area contributed by atoms with E-state index in [0.29, 0.717) is 17.6 Å². The van der Waals surface area contributed by atoms with Gasteiger partial charge in [-0.2, -0.15) is 0 Å². The van der Waals surface area contributed by atoms with Crippen LogP contribution in [-0.2, 0) is 6.54 Å². The van der Waals surface area contributed by atoms with Gasteiger partial charge < -0.3 is 10.1 Å². The molecule has 3 aromatic rings. The number of carbonyl (C=O) groups is 1. The Labute approximate surface area is 128 Å². The van der Waals surface area contributed by atoms with E-state index >= 15 is 0 Å². The number of halogens is 1. The Kier molecular flexibility index (Phi) is 3.39. The van der Waals surface area contributed by atoms with Gasteiger partial charge in [0.1, 0.15) is 0 Å². The maximum atomic E-state index is 12.0. The lowest BCUT2D eigenvalue weighted by Gasteiger charge is -2.04. The Bertz CT molecular complexity index is 878. The van der Waals surface area contributed by atoms with Crippen molar-refractivity contribution in [3.8, 4) is 0 Å². The molecule has 0 bridgehead atoms. The summed E-state index contributed by atoms with van der Waals surface area (Å²) in [5, 5.41) is 8.98. The summed E-state index contributed by atoms with van der Waals surface area (Å²) in [5.74, 6) is -1.02. The summed E-state index contributed by atoms with van der Waals surface area (Å²) in [6.45, 7) is 0.429. The molecule has 0 atom stereocenters. The van der Waals surface area contributed by atoms with Crippen LogP contribution in [0.1, 0.15) is 15.9 Å². The largest absolute Gasteiger partial charge is 0.478 e. The summed E-state index contributed by atoms with van der Waals surface area (Å²) >= 11 is 3.37. The van der Waals surface area contributed by atoms with Crippen LogP contribution in [-0.4, -0.2) is 20.6 Å². The Balaban J connectivity index is 2.06. The molecule has 0 aliphatic carbocycles. The number of hydrogen-bond donors (Lipinski definition) is 2. The Morgan fingerprint density at radius 3 is 2.57 bits per heavy atom. The summed E-state index contributed by atoms with van der Waals surface area (Å²) in [7, 11) is 0. The summed E-state index contributed by atoms with van der Waals surface area (Å²) in [5.41, 5.74) is 2.10. The van der Waals surface area contributed by atoms with Gasteiger partial charge in [0.2, 0.25) is 0 Å². The van der Waals surface area contributed by atoms with Crippen LogP contribution in [0.2, 0.25) is 0 Å². The van der Waals surface area contributed by atoms with Gasteiger partial charge in [0.15, 0.2) is 0 Å². The number of hydrogen-bond acceptors (Lipinski definition) is 2. The minimum atomic E-state index is -1.02. The van der Waals surface area contributed by atoms with E-state index in [1.807, 2.05) is 24.3 Å². The number of aromatic nitrogens is 2. The predicted octanol–water partition coefficient (Wildman–Crippen LogP) is 2.84. The fraction of sp³-hybridized carbons (Fsp3) is 0.0667. The number of imidazole rings is 1. The van der Waals surface area contributed by atoms with Gasteiger partial charge in [0.25, 0.3) is 0 Å². The zero-order valence-electron chi connectivity index (χ0n) is 10.8. The number of fused-ring (bicyclic) bond motifs is 1. The zero-order chi connectivity index (χ0) is 15.0. The third-order valence-electron chi connectivity index (χ3n) is 3.27. The highest BCUT2D eigenvalue weighted by atomic mass is 79.9. The molecular weight excluding hydrogens is 336 g/mol. The van der Waals surface area contributed by atoms with Crippen molar-refractivity contribution < 1.29 is 9.90 Å². The van der Waals surface area contributed by atoms with E-state index in [2.05, 4.69) is 20.9 Å². The van der Waals surface area contributed by atoms with E-state index in [1.165, 1.54) is 12.1 Å². The van der Waals surface area contributed by atoms with Crippen LogP contribution in [0.4, 0.5) is 0 Å². The third kappa shape index (κ3) is 2.62. The average molecular weight is 347 g/mol. The Morgan fingerprint density at radius 2 is 1.90 bits per heavy atom. The lowest BCUT2D eigenvalue weighted by molar-refractivity contribution is 0.0697. The van der Waals surface area contributed by atoms with Crippen molar-refractivity contribution in [1.82, 2.24) is 9.55 Å². The van der Waals surface area contributed by atoms with Crippen LogP contribution in [0.15, 0.2) is 51.7 Å². The molecule has 5 nitrogen and oxygen atoms in total. The highest BCUT2D eigenvalue weighted by Crippen LogP contribution is 2.16. The monoisotopic (exact) mass is 346 g/mol. The number of carboxylic acids is 1. The lowest BCUT2D eigenvalue weighted by Crippen LogP contribution is -2.17. The second kappa shape index (κ2) is 5.21. The lowest BCUT2D eigenvalue weighted by atomic mass is 10.2. The molecule has 0 saturated carbocycles. The van der Waals surface area contributed by atoms with Crippen LogP contribution in [0.25, 0.3) is 11.0 Å². The van der Waals surface area contributed by atoms with Crippen molar-refractivity contribution in [3.63, 3.8) is 0 Å². The maximum Gasteiger partial charge on any atom is 0.335 e. The van der Waals surface area contributed by atoms with Crippen molar-refractivity contribution in [2.24, 2.45) is 0 Å². The molecule has 0 saturated heterocycles. The zero-order valence-corrected chi connectivity index (χ0v) is 12.4. The number of rotatable bonds is 3. The minimum absolute atomic E-state index is 0.152. The minimum Gasteiger partial charge on any atom is -0.478 e. The number of nitrogens with one attached hydrogen (secondary N) is 1. The first-order chi connectivity index (χ1) is 10.0. The average Bonchev–Trinajstić information content (AvgIpc) is 2.76. The first-order valence-electron chi connectivity index (χ1n) is 6.25. The SMILES string of the molecule is O=C(O)c1ccc2c(c1)[nH]c(=O)n2Cc1ccc(Br)cc1. The molecule has 21 heavy (non-hydrogen) atoms. The standard InChI is InChI=1S/C15H11BrN2O3/c16-11-4-1-9(2-5-11)8-18-13-6-3-10(14(19)20)7-12(13)17-15(18)21/h1-7H,8H2,(H,17,21)(H,19,20). The van der Waals surface area contributed by atoms with Crippen LogP contribution in [0.3, 0.4) is 0 Å². The molecule has 0 amide bonds. The molecule has 0 spiro atoms. The van der Waals surface area contributed by atoms with E-state index in [1.54, 1.807) is 10.6 Å². The number of aromatic amines is 1. The van der Waals surface area contributed by atoms with Gasteiger partial charge in [-0.1, -0.05) is 28.1 Å². The molecule has 106 valence electrons. The molecule has 6 heteroatoms. The van der Waals surface area contributed by atoms with E-state index < -0.39 is 5.97 Å². The molecular formula is C15H11BrN2O3. The highest BCUT2D eigenvalue weighted by Gasteiger charge is 2.10. The van der Waals surface area contributed by atoms with Gasteiger partial charge in [0, 0.05) is 4.47 Å². The summed E-state index contributed by atoms with van der Waals surface area (Å²) in [4.78, 5) is 25.7. The smallest absolute Gasteiger partial charge is 0.335 e. The van der Waals surface area contributed by atoms with Gasteiger partial charge >= 0.3 is 11.7 Å². The second-order valence-electron chi connectivity index (χ2n) is 4.68. The Hall–Kier alpha value is -2.34. The van der Waals surface area contributed by atoms with Crippen LogP contribution in [0, 0.1) is 0 Å². The first kappa shape index (κ1) is 13.6. The van der Waals surface area contributed by atoms with E-state index in [0.717, 1.165) is 10.0 Å². The molecule has 0 aliphatic heterocycles.